The predicted molar refractivity (Wildman–Crippen MR) is 46.4 cm³/mol. The number of hydrogen-bond donors (Lipinski definition) is 2. The van der Waals surface area contributed by atoms with E-state index in [9.17, 15) is 4.79 Å². The number of morpholine rings is 1. The van der Waals surface area contributed by atoms with Crippen molar-refractivity contribution < 1.29 is 9.53 Å². The Morgan fingerprint density at radius 1 is 1.50 bits per heavy atom. The number of amides is 1. The minimum absolute atomic E-state index is 0. The van der Waals surface area contributed by atoms with E-state index in [1.54, 1.807) is 0 Å². The van der Waals surface area contributed by atoms with Crippen LogP contribution >= 0.6 is 12.4 Å². The van der Waals surface area contributed by atoms with Gasteiger partial charge in [0.2, 0.25) is 5.91 Å². The highest BCUT2D eigenvalue weighted by atomic mass is 35.5. The van der Waals surface area contributed by atoms with E-state index in [0.717, 1.165) is 19.5 Å². The molecule has 4 nitrogen and oxygen atoms in total. The van der Waals surface area contributed by atoms with Gasteiger partial charge in [-0.05, 0) is 13.0 Å². The molecule has 0 radical (unpaired) electrons. The maximum atomic E-state index is 10.9. The fraction of sp³-hybridized carbons (Fsp3) is 0.857. The summed E-state index contributed by atoms with van der Waals surface area (Å²) in [4.78, 5) is 10.9. The zero-order chi connectivity index (χ0) is 7.68. The molecular formula is C7H13ClN2O2. The molecule has 2 heterocycles. The van der Waals surface area contributed by atoms with Gasteiger partial charge in [-0.15, -0.1) is 12.4 Å². The van der Waals surface area contributed by atoms with Crippen molar-refractivity contribution in [3.63, 3.8) is 0 Å². The van der Waals surface area contributed by atoms with Gasteiger partial charge >= 0.3 is 0 Å². The molecule has 2 atom stereocenters. The normalized spacial score (nSPS) is 34.5. The van der Waals surface area contributed by atoms with Crippen molar-refractivity contribution in [1.82, 2.24) is 10.6 Å². The number of piperidine rings is 1. The fourth-order valence-electron chi connectivity index (χ4n) is 1.61. The molecule has 12 heavy (non-hydrogen) atoms. The Morgan fingerprint density at radius 2 is 2.33 bits per heavy atom. The molecule has 2 rings (SSSR count). The summed E-state index contributed by atoms with van der Waals surface area (Å²) in [5.41, 5.74) is 0. The van der Waals surface area contributed by atoms with Gasteiger partial charge in [-0.3, -0.25) is 4.79 Å². The molecule has 0 aliphatic carbocycles. The van der Waals surface area contributed by atoms with Crippen LogP contribution in [0.2, 0.25) is 0 Å². The monoisotopic (exact) mass is 192 g/mol. The summed E-state index contributed by atoms with van der Waals surface area (Å²) < 4.78 is 5.34. The van der Waals surface area contributed by atoms with Crippen LogP contribution in [0.4, 0.5) is 0 Å². The lowest BCUT2D eigenvalue weighted by Crippen LogP contribution is -2.59. The molecule has 2 aliphatic rings. The first kappa shape index (κ1) is 9.77. The molecule has 0 saturated carbocycles. The second-order valence-corrected chi connectivity index (χ2v) is 3.02. The number of fused-ring (bicyclic) bond motifs is 1. The minimum atomic E-state index is 0. The average Bonchev–Trinajstić information content (AvgIpc) is 2.04. The molecule has 5 heteroatoms. The Bertz CT molecular complexity index is 177. The predicted octanol–water partition coefficient (Wildman–Crippen LogP) is -0.715. The number of rotatable bonds is 0. The van der Waals surface area contributed by atoms with Gasteiger partial charge in [-0.1, -0.05) is 0 Å². The Morgan fingerprint density at radius 3 is 3.17 bits per heavy atom. The Labute approximate surface area is 77.4 Å². The second-order valence-electron chi connectivity index (χ2n) is 3.02. The molecule has 0 spiro atoms. The number of carbonyl (C=O) groups excluding carboxylic acids is 1. The summed E-state index contributed by atoms with van der Waals surface area (Å²) >= 11 is 0. The molecule has 2 N–H and O–H groups in total. The number of ether oxygens (including phenoxy) is 1. The maximum Gasteiger partial charge on any atom is 0.246 e. The van der Waals surface area contributed by atoms with Gasteiger partial charge in [0.05, 0.1) is 12.1 Å². The molecular weight excluding hydrogens is 180 g/mol. The van der Waals surface area contributed by atoms with Gasteiger partial charge < -0.3 is 15.4 Å². The van der Waals surface area contributed by atoms with Crippen LogP contribution in [-0.4, -0.2) is 37.7 Å². The zero-order valence-corrected chi connectivity index (χ0v) is 7.52. The first-order valence-corrected chi connectivity index (χ1v) is 3.98. The van der Waals surface area contributed by atoms with Gasteiger partial charge in [0.15, 0.2) is 0 Å². The van der Waals surface area contributed by atoms with Crippen molar-refractivity contribution >= 4 is 18.3 Å². The van der Waals surface area contributed by atoms with Gasteiger partial charge in [-0.25, -0.2) is 0 Å². The van der Waals surface area contributed by atoms with E-state index in [1.807, 2.05) is 0 Å². The van der Waals surface area contributed by atoms with Crippen molar-refractivity contribution in [2.24, 2.45) is 0 Å². The highest BCUT2D eigenvalue weighted by Gasteiger charge is 2.31. The van der Waals surface area contributed by atoms with Crippen molar-refractivity contribution in [2.45, 2.75) is 18.6 Å². The molecule has 0 aromatic rings. The van der Waals surface area contributed by atoms with Crippen LogP contribution in [0.3, 0.4) is 0 Å². The van der Waals surface area contributed by atoms with Crippen LogP contribution in [0.15, 0.2) is 0 Å². The molecule has 0 bridgehead atoms. The Kier molecular flexibility index (Phi) is 3.31. The molecule has 1 amide bonds. The SMILES string of the molecule is Cl.O=C1CO[C@@H]2CCNC[C@H]2N1. The van der Waals surface area contributed by atoms with Crippen LogP contribution < -0.4 is 10.6 Å². The molecule has 70 valence electrons. The summed E-state index contributed by atoms with van der Waals surface area (Å²) in [6.45, 7) is 2.08. The lowest BCUT2D eigenvalue weighted by molar-refractivity contribution is -0.138. The number of nitrogens with one attached hydrogen (secondary N) is 2. The lowest BCUT2D eigenvalue weighted by Gasteiger charge is -2.35. The van der Waals surface area contributed by atoms with E-state index < -0.39 is 0 Å². The maximum absolute atomic E-state index is 10.9. The van der Waals surface area contributed by atoms with Gasteiger partial charge in [0.25, 0.3) is 0 Å². The summed E-state index contributed by atoms with van der Waals surface area (Å²) in [5.74, 6) is 0.00921. The molecule has 2 aliphatic heterocycles. The van der Waals surface area contributed by atoms with Crippen molar-refractivity contribution in [3.05, 3.63) is 0 Å². The molecule has 2 saturated heterocycles. The Hall–Kier alpha value is -0.320. The topological polar surface area (TPSA) is 50.4 Å². The molecule has 0 unspecified atom stereocenters. The smallest absolute Gasteiger partial charge is 0.246 e. The summed E-state index contributed by atoms with van der Waals surface area (Å²) in [5, 5.41) is 6.10. The van der Waals surface area contributed by atoms with E-state index in [4.69, 9.17) is 4.74 Å². The van der Waals surface area contributed by atoms with Crippen LogP contribution in [-0.2, 0) is 9.53 Å². The fourth-order valence-corrected chi connectivity index (χ4v) is 1.61. The number of hydrogen-bond acceptors (Lipinski definition) is 3. The van der Waals surface area contributed by atoms with Crippen LogP contribution in [0.1, 0.15) is 6.42 Å². The van der Waals surface area contributed by atoms with Crippen LogP contribution in [0, 0.1) is 0 Å². The number of carbonyl (C=O) groups is 1. The van der Waals surface area contributed by atoms with E-state index in [1.165, 1.54) is 0 Å². The van der Waals surface area contributed by atoms with E-state index in [-0.39, 0.29) is 37.1 Å². The molecule has 0 aromatic carbocycles. The third kappa shape index (κ3) is 1.88. The molecule has 2 fully saturated rings. The van der Waals surface area contributed by atoms with Crippen LogP contribution in [0.5, 0.6) is 0 Å². The third-order valence-electron chi connectivity index (χ3n) is 2.19. The number of halogens is 1. The molecule has 0 aromatic heterocycles. The first-order chi connectivity index (χ1) is 5.36. The van der Waals surface area contributed by atoms with Gasteiger partial charge in [0.1, 0.15) is 6.61 Å². The summed E-state index contributed by atoms with van der Waals surface area (Å²) in [7, 11) is 0. The zero-order valence-electron chi connectivity index (χ0n) is 6.71. The quantitative estimate of drug-likeness (QED) is 0.533. The largest absolute Gasteiger partial charge is 0.366 e. The minimum Gasteiger partial charge on any atom is -0.366 e. The van der Waals surface area contributed by atoms with Crippen molar-refractivity contribution in [2.75, 3.05) is 19.7 Å². The second kappa shape index (κ2) is 4.07. The van der Waals surface area contributed by atoms with E-state index >= 15 is 0 Å². The first-order valence-electron chi connectivity index (χ1n) is 3.98. The van der Waals surface area contributed by atoms with Crippen molar-refractivity contribution in [1.29, 1.82) is 0 Å². The van der Waals surface area contributed by atoms with Gasteiger partial charge in [-0.2, -0.15) is 0 Å². The lowest BCUT2D eigenvalue weighted by atomic mass is 10.0. The highest BCUT2D eigenvalue weighted by molar-refractivity contribution is 5.85. The van der Waals surface area contributed by atoms with E-state index in [0.29, 0.717) is 0 Å². The standard InChI is InChI=1S/C7H12N2O2.ClH/c10-7-4-11-6-1-2-8-3-5(6)9-7;/h5-6,8H,1-4H2,(H,9,10);1H/t5-,6-;/m1./s1. The van der Waals surface area contributed by atoms with E-state index in [2.05, 4.69) is 10.6 Å². The third-order valence-corrected chi connectivity index (χ3v) is 2.19. The summed E-state index contributed by atoms with van der Waals surface area (Å²) in [6.07, 6.45) is 1.25. The summed E-state index contributed by atoms with van der Waals surface area (Å²) in [6, 6.07) is 0.199. The van der Waals surface area contributed by atoms with Crippen LogP contribution in [0.25, 0.3) is 0 Å². The van der Waals surface area contributed by atoms with Gasteiger partial charge in [0, 0.05) is 6.54 Å². The average molecular weight is 193 g/mol. The van der Waals surface area contributed by atoms with Crippen molar-refractivity contribution in [3.8, 4) is 0 Å². The Balaban J connectivity index is 0.000000720. The highest BCUT2D eigenvalue weighted by Crippen LogP contribution is 2.11.